The molecule has 0 aromatic heterocycles. The van der Waals surface area contributed by atoms with E-state index in [1.54, 1.807) is 19.2 Å². The average molecular weight is 323 g/mol. The minimum atomic E-state index is -0.210. The number of benzene rings is 2. The summed E-state index contributed by atoms with van der Waals surface area (Å²) in [6, 6.07) is 15.0. The summed E-state index contributed by atoms with van der Waals surface area (Å²) in [4.78, 5) is 0.0136. The second kappa shape index (κ2) is 6.83. The van der Waals surface area contributed by atoms with Gasteiger partial charge in [-0.2, -0.15) is 0 Å². The standard InChI is InChI=1S/C16H16BrFO/c1-19-10-9-12-5-7-13(8-6-12)16(17)14-3-2-4-15(18)11-14/h2-8,11,16H,9-10H2,1H3. The molecule has 0 aliphatic heterocycles. The quantitative estimate of drug-likeness (QED) is 0.736. The minimum absolute atomic E-state index is 0.0136. The fourth-order valence-corrected chi connectivity index (χ4v) is 2.52. The van der Waals surface area contributed by atoms with E-state index in [1.165, 1.54) is 11.6 Å². The van der Waals surface area contributed by atoms with Crippen molar-refractivity contribution in [2.24, 2.45) is 0 Å². The Morgan fingerprint density at radius 3 is 2.47 bits per heavy atom. The Bertz CT molecular complexity index is 525. The SMILES string of the molecule is COCCc1ccc(C(Br)c2cccc(F)c2)cc1. The van der Waals surface area contributed by atoms with Crippen LogP contribution in [0.5, 0.6) is 0 Å². The Morgan fingerprint density at radius 1 is 1.11 bits per heavy atom. The number of alkyl halides is 1. The number of hydrogen-bond acceptors (Lipinski definition) is 1. The van der Waals surface area contributed by atoms with Crippen molar-refractivity contribution in [2.75, 3.05) is 13.7 Å². The van der Waals surface area contributed by atoms with Crippen LogP contribution in [0, 0.1) is 5.82 Å². The molecule has 0 aliphatic rings. The van der Waals surface area contributed by atoms with E-state index in [-0.39, 0.29) is 10.6 Å². The summed E-state index contributed by atoms with van der Waals surface area (Å²) in [7, 11) is 1.70. The lowest BCUT2D eigenvalue weighted by atomic mass is 10.0. The molecule has 1 unspecified atom stereocenters. The number of hydrogen-bond donors (Lipinski definition) is 0. The second-order valence-corrected chi connectivity index (χ2v) is 5.32. The van der Waals surface area contributed by atoms with E-state index < -0.39 is 0 Å². The average Bonchev–Trinajstić information content (AvgIpc) is 2.45. The molecule has 0 amide bonds. The third-order valence-corrected chi connectivity index (χ3v) is 4.07. The van der Waals surface area contributed by atoms with Crippen LogP contribution in [0.1, 0.15) is 21.5 Å². The van der Waals surface area contributed by atoms with Crippen LogP contribution < -0.4 is 0 Å². The van der Waals surface area contributed by atoms with Crippen molar-refractivity contribution >= 4 is 15.9 Å². The predicted molar refractivity (Wildman–Crippen MR) is 79.2 cm³/mol. The highest BCUT2D eigenvalue weighted by atomic mass is 79.9. The zero-order valence-corrected chi connectivity index (χ0v) is 12.4. The van der Waals surface area contributed by atoms with Gasteiger partial charge in [0, 0.05) is 7.11 Å². The molecular formula is C16H16BrFO. The molecule has 100 valence electrons. The maximum atomic E-state index is 13.2. The van der Waals surface area contributed by atoms with Crippen molar-refractivity contribution in [3.05, 3.63) is 71.0 Å². The maximum Gasteiger partial charge on any atom is 0.123 e. The fraction of sp³-hybridized carbons (Fsp3) is 0.250. The van der Waals surface area contributed by atoms with Crippen LogP contribution in [0.4, 0.5) is 4.39 Å². The minimum Gasteiger partial charge on any atom is -0.384 e. The normalized spacial score (nSPS) is 12.4. The second-order valence-electron chi connectivity index (χ2n) is 4.40. The first-order chi connectivity index (χ1) is 9.20. The molecule has 0 heterocycles. The highest BCUT2D eigenvalue weighted by Crippen LogP contribution is 2.31. The van der Waals surface area contributed by atoms with Gasteiger partial charge in [0.15, 0.2) is 0 Å². The smallest absolute Gasteiger partial charge is 0.123 e. The van der Waals surface area contributed by atoms with E-state index >= 15 is 0 Å². The monoisotopic (exact) mass is 322 g/mol. The van der Waals surface area contributed by atoms with Crippen LogP contribution in [0.25, 0.3) is 0 Å². The zero-order chi connectivity index (χ0) is 13.7. The third kappa shape index (κ3) is 3.88. The van der Waals surface area contributed by atoms with E-state index in [4.69, 9.17) is 4.74 Å². The molecule has 0 N–H and O–H groups in total. The largest absolute Gasteiger partial charge is 0.384 e. The molecule has 0 fully saturated rings. The summed E-state index contributed by atoms with van der Waals surface area (Å²) in [6.45, 7) is 0.723. The first-order valence-electron chi connectivity index (χ1n) is 6.18. The highest BCUT2D eigenvalue weighted by Gasteiger charge is 2.10. The molecule has 0 bridgehead atoms. The van der Waals surface area contributed by atoms with Crippen molar-refractivity contribution < 1.29 is 9.13 Å². The lowest BCUT2D eigenvalue weighted by Gasteiger charge is -2.11. The van der Waals surface area contributed by atoms with E-state index in [0.29, 0.717) is 0 Å². The first kappa shape index (κ1) is 14.2. The lowest BCUT2D eigenvalue weighted by Crippen LogP contribution is -1.96. The van der Waals surface area contributed by atoms with Gasteiger partial charge in [-0.05, 0) is 35.2 Å². The molecule has 19 heavy (non-hydrogen) atoms. The predicted octanol–water partition coefficient (Wildman–Crippen LogP) is 4.50. The highest BCUT2D eigenvalue weighted by molar-refractivity contribution is 9.09. The van der Waals surface area contributed by atoms with Gasteiger partial charge >= 0.3 is 0 Å². The molecule has 2 aromatic carbocycles. The van der Waals surface area contributed by atoms with Crippen LogP contribution in [0.15, 0.2) is 48.5 Å². The topological polar surface area (TPSA) is 9.23 Å². The van der Waals surface area contributed by atoms with Crippen LogP contribution in [0.2, 0.25) is 0 Å². The van der Waals surface area contributed by atoms with Crippen LogP contribution in [-0.4, -0.2) is 13.7 Å². The molecule has 0 saturated heterocycles. The van der Waals surface area contributed by atoms with Gasteiger partial charge < -0.3 is 4.74 Å². The molecule has 0 aliphatic carbocycles. The Balaban J connectivity index is 2.13. The summed E-state index contributed by atoms with van der Waals surface area (Å²) in [6.07, 6.45) is 0.906. The van der Waals surface area contributed by atoms with Crippen molar-refractivity contribution in [2.45, 2.75) is 11.2 Å². The Hall–Kier alpha value is -1.19. The van der Waals surface area contributed by atoms with E-state index in [2.05, 4.69) is 40.2 Å². The summed E-state index contributed by atoms with van der Waals surface area (Å²) in [5, 5.41) is 0. The lowest BCUT2D eigenvalue weighted by molar-refractivity contribution is 0.202. The van der Waals surface area contributed by atoms with Crippen LogP contribution in [-0.2, 0) is 11.2 Å². The van der Waals surface area contributed by atoms with E-state index in [9.17, 15) is 4.39 Å². The first-order valence-corrected chi connectivity index (χ1v) is 7.09. The molecule has 1 atom stereocenters. The third-order valence-electron chi connectivity index (χ3n) is 3.01. The van der Waals surface area contributed by atoms with Gasteiger partial charge in [-0.3, -0.25) is 0 Å². The number of ether oxygens (including phenoxy) is 1. The van der Waals surface area contributed by atoms with Crippen molar-refractivity contribution in [1.82, 2.24) is 0 Å². The van der Waals surface area contributed by atoms with Gasteiger partial charge in [0.25, 0.3) is 0 Å². The van der Waals surface area contributed by atoms with Gasteiger partial charge in [0.05, 0.1) is 11.4 Å². The molecule has 1 nitrogen and oxygen atoms in total. The molecular weight excluding hydrogens is 307 g/mol. The Labute approximate surface area is 121 Å². The van der Waals surface area contributed by atoms with Crippen molar-refractivity contribution in [1.29, 1.82) is 0 Å². The Kier molecular flexibility index (Phi) is 5.11. The van der Waals surface area contributed by atoms with Crippen LogP contribution >= 0.6 is 15.9 Å². The molecule has 2 rings (SSSR count). The van der Waals surface area contributed by atoms with Gasteiger partial charge in [-0.1, -0.05) is 52.3 Å². The summed E-state index contributed by atoms with van der Waals surface area (Å²) in [5.74, 6) is -0.210. The molecule has 3 heteroatoms. The summed E-state index contributed by atoms with van der Waals surface area (Å²) in [5.41, 5.74) is 3.28. The van der Waals surface area contributed by atoms with E-state index in [0.717, 1.165) is 24.2 Å². The molecule has 2 aromatic rings. The molecule has 0 radical (unpaired) electrons. The van der Waals surface area contributed by atoms with E-state index in [1.807, 2.05) is 6.07 Å². The Morgan fingerprint density at radius 2 is 1.84 bits per heavy atom. The summed E-state index contributed by atoms with van der Waals surface area (Å²) < 4.78 is 18.3. The zero-order valence-electron chi connectivity index (χ0n) is 10.8. The van der Waals surface area contributed by atoms with Gasteiger partial charge in [-0.25, -0.2) is 4.39 Å². The van der Waals surface area contributed by atoms with Crippen molar-refractivity contribution in [3.8, 4) is 0 Å². The molecule has 0 saturated carbocycles. The number of methoxy groups -OCH3 is 1. The maximum absolute atomic E-state index is 13.2. The van der Waals surface area contributed by atoms with Gasteiger partial charge in [0.2, 0.25) is 0 Å². The fourth-order valence-electron chi connectivity index (χ4n) is 1.93. The number of halogens is 2. The summed E-state index contributed by atoms with van der Waals surface area (Å²) >= 11 is 3.61. The molecule has 0 spiro atoms. The van der Waals surface area contributed by atoms with Crippen LogP contribution in [0.3, 0.4) is 0 Å². The van der Waals surface area contributed by atoms with Gasteiger partial charge in [0.1, 0.15) is 5.82 Å². The van der Waals surface area contributed by atoms with Crippen molar-refractivity contribution in [3.63, 3.8) is 0 Å². The van der Waals surface area contributed by atoms with Gasteiger partial charge in [-0.15, -0.1) is 0 Å². The number of rotatable bonds is 5.